The van der Waals surface area contributed by atoms with E-state index in [0.29, 0.717) is 20.6 Å². The molecule has 0 aromatic carbocycles. The van der Waals surface area contributed by atoms with Gasteiger partial charge < -0.3 is 20.1 Å². The van der Waals surface area contributed by atoms with Crippen molar-refractivity contribution in [2.24, 2.45) is 0 Å². The van der Waals surface area contributed by atoms with Crippen LogP contribution in [-0.2, 0) is 16.0 Å². The van der Waals surface area contributed by atoms with E-state index in [-0.39, 0.29) is 24.8 Å². The molecule has 0 radical (unpaired) electrons. The van der Waals surface area contributed by atoms with E-state index in [1.54, 1.807) is 20.8 Å². The number of rotatable bonds is 8. The minimum absolute atomic E-state index is 0.0954. The first-order chi connectivity index (χ1) is 14.2. The third-order valence-corrected chi connectivity index (χ3v) is 5.98. The van der Waals surface area contributed by atoms with Crippen LogP contribution in [-0.4, -0.2) is 40.0 Å². The number of thiophene rings is 1. The van der Waals surface area contributed by atoms with Gasteiger partial charge in [-0.2, -0.15) is 5.10 Å². The van der Waals surface area contributed by atoms with Gasteiger partial charge in [-0.15, -0.1) is 11.3 Å². The van der Waals surface area contributed by atoms with Gasteiger partial charge >= 0.3 is 11.9 Å². The topological polar surface area (TPSA) is 94.5 Å². The lowest BCUT2D eigenvalue weighted by Gasteiger charge is -2.17. The Morgan fingerprint density at radius 3 is 2.40 bits per heavy atom. The number of carbonyl (C=O) groups is 2. The van der Waals surface area contributed by atoms with E-state index in [2.05, 4.69) is 15.7 Å². The van der Waals surface area contributed by atoms with Crippen molar-refractivity contribution in [2.75, 3.05) is 18.5 Å². The Hall–Kier alpha value is -2.46. The van der Waals surface area contributed by atoms with Gasteiger partial charge in [0.15, 0.2) is 5.11 Å². The van der Waals surface area contributed by atoms with Crippen LogP contribution in [0.4, 0.5) is 5.00 Å². The molecule has 0 amide bonds. The van der Waals surface area contributed by atoms with Crippen LogP contribution >= 0.6 is 23.6 Å². The van der Waals surface area contributed by atoms with Crippen molar-refractivity contribution >= 4 is 45.6 Å². The number of aromatic nitrogens is 2. The summed E-state index contributed by atoms with van der Waals surface area (Å²) in [6, 6.07) is -0.0954. The van der Waals surface area contributed by atoms with Crippen LogP contribution in [0, 0.1) is 13.8 Å². The normalized spacial score (nSPS) is 11.7. The van der Waals surface area contributed by atoms with Crippen LogP contribution in [0.5, 0.6) is 0 Å². The lowest BCUT2D eigenvalue weighted by Crippen LogP contribution is -2.31. The predicted molar refractivity (Wildman–Crippen MR) is 121 cm³/mol. The average Bonchev–Trinajstić information content (AvgIpc) is 3.21. The van der Waals surface area contributed by atoms with Gasteiger partial charge in [-0.05, 0) is 59.3 Å². The maximum atomic E-state index is 12.5. The monoisotopic (exact) mass is 452 g/mol. The number of nitrogens with zero attached hydrogens (tertiary/aromatic N) is 2. The molecule has 0 saturated carbocycles. The lowest BCUT2D eigenvalue weighted by molar-refractivity contribution is 0.0527. The van der Waals surface area contributed by atoms with Crippen molar-refractivity contribution in [3.8, 4) is 0 Å². The maximum absolute atomic E-state index is 12.5. The molecule has 30 heavy (non-hydrogen) atoms. The number of esters is 2. The molecule has 0 saturated heterocycles. The second-order valence-electron chi connectivity index (χ2n) is 6.52. The van der Waals surface area contributed by atoms with Gasteiger partial charge in [0.1, 0.15) is 9.88 Å². The van der Waals surface area contributed by atoms with Crippen molar-refractivity contribution in [2.45, 2.75) is 54.1 Å². The fourth-order valence-electron chi connectivity index (χ4n) is 3.06. The molecule has 2 N–H and O–H groups in total. The van der Waals surface area contributed by atoms with Gasteiger partial charge in [-0.25, -0.2) is 9.59 Å². The van der Waals surface area contributed by atoms with Crippen LogP contribution in [0.25, 0.3) is 0 Å². The summed E-state index contributed by atoms with van der Waals surface area (Å²) in [5.41, 5.74) is 2.89. The number of hydrogen-bond donors (Lipinski definition) is 2. The van der Waals surface area contributed by atoms with Crippen LogP contribution in [0.1, 0.15) is 70.6 Å². The van der Waals surface area contributed by atoms with Crippen molar-refractivity contribution in [1.29, 1.82) is 0 Å². The summed E-state index contributed by atoms with van der Waals surface area (Å²) < 4.78 is 12.2. The molecule has 0 bridgehead atoms. The molecule has 0 aliphatic carbocycles. The third kappa shape index (κ3) is 5.17. The SMILES string of the molecule is CCOC(=O)c1sc(NC(=S)NC(C)c2cnn(CC)c2C)c(C(=O)OCC)c1C. The van der Waals surface area contributed by atoms with Crippen molar-refractivity contribution in [3.05, 3.63) is 33.5 Å². The first-order valence-corrected chi connectivity index (χ1v) is 11.0. The zero-order valence-corrected chi connectivity index (χ0v) is 19.8. The summed E-state index contributed by atoms with van der Waals surface area (Å²) in [5, 5.41) is 11.4. The zero-order valence-electron chi connectivity index (χ0n) is 18.1. The van der Waals surface area contributed by atoms with Gasteiger partial charge in [0.05, 0.1) is 31.0 Å². The van der Waals surface area contributed by atoms with E-state index in [0.717, 1.165) is 29.1 Å². The van der Waals surface area contributed by atoms with Crippen molar-refractivity contribution in [3.63, 3.8) is 0 Å². The van der Waals surface area contributed by atoms with E-state index in [9.17, 15) is 9.59 Å². The summed E-state index contributed by atoms with van der Waals surface area (Å²) in [6.07, 6.45) is 1.82. The fraction of sp³-hybridized carbons (Fsp3) is 0.500. The van der Waals surface area contributed by atoms with E-state index < -0.39 is 11.9 Å². The highest BCUT2D eigenvalue weighted by atomic mass is 32.1. The summed E-state index contributed by atoms with van der Waals surface area (Å²) in [4.78, 5) is 25.1. The highest BCUT2D eigenvalue weighted by Gasteiger charge is 2.27. The molecule has 2 rings (SSSR count). The molecule has 1 atom stereocenters. The zero-order chi connectivity index (χ0) is 22.4. The average molecular weight is 453 g/mol. The summed E-state index contributed by atoms with van der Waals surface area (Å²) in [7, 11) is 0. The number of hydrogen-bond acceptors (Lipinski definition) is 7. The number of anilines is 1. The minimum Gasteiger partial charge on any atom is -0.462 e. The van der Waals surface area contributed by atoms with Crippen LogP contribution in [0.15, 0.2) is 6.20 Å². The Morgan fingerprint density at radius 1 is 1.20 bits per heavy atom. The largest absolute Gasteiger partial charge is 0.462 e. The molecule has 164 valence electrons. The number of carbonyl (C=O) groups excluding carboxylic acids is 2. The molecule has 0 spiro atoms. The number of ether oxygens (including phenoxy) is 2. The van der Waals surface area contributed by atoms with Crippen molar-refractivity contribution in [1.82, 2.24) is 15.1 Å². The minimum atomic E-state index is -0.514. The van der Waals surface area contributed by atoms with Gasteiger partial charge in [0.25, 0.3) is 0 Å². The number of thiocarbonyl (C=S) groups is 1. The highest BCUT2D eigenvalue weighted by Crippen LogP contribution is 2.34. The first-order valence-electron chi connectivity index (χ1n) is 9.82. The highest BCUT2D eigenvalue weighted by molar-refractivity contribution is 7.80. The second-order valence-corrected chi connectivity index (χ2v) is 7.95. The lowest BCUT2D eigenvalue weighted by atomic mass is 10.1. The molecule has 1 unspecified atom stereocenters. The van der Waals surface area contributed by atoms with E-state index >= 15 is 0 Å². The fourth-order valence-corrected chi connectivity index (χ4v) is 4.50. The van der Waals surface area contributed by atoms with E-state index in [1.165, 1.54) is 0 Å². The van der Waals surface area contributed by atoms with Gasteiger partial charge in [-0.1, -0.05) is 0 Å². The smallest absolute Gasteiger partial charge is 0.348 e. The number of nitrogens with one attached hydrogen (secondary N) is 2. The Kier molecular flexibility index (Phi) is 8.36. The number of aryl methyl sites for hydroxylation is 1. The standard InChI is InChI=1S/C20H28N4O4S2/c1-7-24-13(6)14(10-21-24)12(5)22-20(29)23-17-15(18(25)27-8-2)11(4)16(30-17)19(26)28-9-3/h10,12H,7-9H2,1-6H3,(H2,22,23,29). The second kappa shape index (κ2) is 10.5. The summed E-state index contributed by atoms with van der Waals surface area (Å²) >= 11 is 6.58. The Morgan fingerprint density at radius 2 is 1.83 bits per heavy atom. The molecule has 2 heterocycles. The Balaban J connectivity index is 2.25. The van der Waals surface area contributed by atoms with Gasteiger partial charge in [0, 0.05) is 17.8 Å². The van der Waals surface area contributed by atoms with Crippen molar-refractivity contribution < 1.29 is 19.1 Å². The van der Waals surface area contributed by atoms with E-state index in [4.69, 9.17) is 21.7 Å². The van der Waals surface area contributed by atoms with Gasteiger partial charge in [0.2, 0.25) is 0 Å². The molecule has 0 aliphatic heterocycles. The molecule has 2 aromatic heterocycles. The van der Waals surface area contributed by atoms with Gasteiger partial charge in [-0.3, -0.25) is 4.68 Å². The van der Waals surface area contributed by atoms with Crippen LogP contribution in [0.3, 0.4) is 0 Å². The molecule has 0 fully saturated rings. The predicted octanol–water partition coefficient (Wildman–Crippen LogP) is 3.98. The molecule has 8 nitrogen and oxygen atoms in total. The molecule has 0 aliphatic rings. The summed E-state index contributed by atoms with van der Waals surface area (Å²) in [5.74, 6) is -0.992. The molecule has 2 aromatic rings. The summed E-state index contributed by atoms with van der Waals surface area (Å²) in [6.45, 7) is 12.4. The van der Waals surface area contributed by atoms with E-state index in [1.807, 2.05) is 31.6 Å². The molecular formula is C20H28N4O4S2. The Labute approximate surface area is 185 Å². The Bertz CT molecular complexity index is 936. The molecule has 10 heteroatoms. The maximum Gasteiger partial charge on any atom is 0.348 e. The quantitative estimate of drug-likeness (QED) is 0.459. The third-order valence-electron chi connectivity index (χ3n) is 4.57. The van der Waals surface area contributed by atoms with Crippen LogP contribution in [0.2, 0.25) is 0 Å². The van der Waals surface area contributed by atoms with Crippen LogP contribution < -0.4 is 10.6 Å². The molecular weight excluding hydrogens is 424 g/mol. The first kappa shape index (κ1) is 23.8.